The molecule has 0 heterocycles. The maximum atomic E-state index is 10.0. The molecule has 18 heavy (non-hydrogen) atoms. The Bertz CT molecular complexity index is 428. The molecule has 2 rings (SSSR count). The Kier molecular flexibility index (Phi) is 4.30. The Labute approximate surface area is 116 Å². The number of phenolic OH excluding ortho intramolecular Hbond substituents is 1. The quantitative estimate of drug-likeness (QED) is 0.801. The van der Waals surface area contributed by atoms with Crippen molar-refractivity contribution in [2.75, 3.05) is 6.61 Å². The number of benzene rings is 1. The van der Waals surface area contributed by atoms with Crippen molar-refractivity contribution in [1.29, 1.82) is 0 Å². The van der Waals surface area contributed by atoms with E-state index in [1.807, 2.05) is 19.1 Å². The van der Waals surface area contributed by atoms with Crippen molar-refractivity contribution in [3.05, 3.63) is 27.7 Å². The third-order valence-corrected chi connectivity index (χ3v) is 4.32. The normalized spacial score (nSPS) is 18.2. The van der Waals surface area contributed by atoms with E-state index in [0.717, 1.165) is 41.3 Å². The van der Waals surface area contributed by atoms with Crippen molar-refractivity contribution in [3.63, 3.8) is 0 Å². The van der Waals surface area contributed by atoms with E-state index >= 15 is 0 Å². The van der Waals surface area contributed by atoms with Crippen molar-refractivity contribution >= 4 is 15.9 Å². The summed E-state index contributed by atoms with van der Waals surface area (Å²) in [6, 6.07) is 3.82. The predicted octanol–water partition coefficient (Wildman–Crippen LogP) is 2.86. The van der Waals surface area contributed by atoms with Gasteiger partial charge in [0.1, 0.15) is 5.75 Å². The second kappa shape index (κ2) is 5.59. The predicted molar refractivity (Wildman–Crippen MR) is 75.7 cm³/mol. The number of halogens is 1. The van der Waals surface area contributed by atoms with E-state index in [1.165, 1.54) is 0 Å². The molecule has 4 heteroatoms. The molecular formula is C14H20BrNO2. The molecule has 1 aromatic rings. The Morgan fingerprint density at radius 2 is 2.00 bits per heavy atom. The summed E-state index contributed by atoms with van der Waals surface area (Å²) in [6.07, 6.45) is 4.35. The average Bonchev–Trinajstić information content (AvgIpc) is 2.81. The van der Waals surface area contributed by atoms with Crippen LogP contribution in [0, 0.1) is 6.92 Å². The highest BCUT2D eigenvalue weighted by Gasteiger charge is 2.32. The van der Waals surface area contributed by atoms with Crippen LogP contribution in [0.3, 0.4) is 0 Å². The van der Waals surface area contributed by atoms with Crippen LogP contribution in [0.5, 0.6) is 5.75 Å². The number of hydrogen-bond acceptors (Lipinski definition) is 3. The number of phenols is 1. The molecule has 0 aliphatic heterocycles. The monoisotopic (exact) mass is 313 g/mol. The standard InChI is InChI=1S/C14H20BrNO2/c1-10-6-12(15)7-11(13(10)18)8-16-14(9-17)4-2-3-5-14/h6-7,16-18H,2-5,8-9H2,1H3. The Morgan fingerprint density at radius 3 is 2.61 bits per heavy atom. The molecule has 0 unspecified atom stereocenters. The van der Waals surface area contributed by atoms with E-state index in [2.05, 4.69) is 21.2 Å². The van der Waals surface area contributed by atoms with Gasteiger partial charge >= 0.3 is 0 Å². The second-order valence-electron chi connectivity index (χ2n) is 5.23. The first-order valence-electron chi connectivity index (χ1n) is 6.40. The summed E-state index contributed by atoms with van der Waals surface area (Å²) < 4.78 is 0.971. The number of nitrogens with one attached hydrogen (secondary N) is 1. The zero-order valence-corrected chi connectivity index (χ0v) is 12.3. The summed E-state index contributed by atoms with van der Waals surface area (Å²) in [5.74, 6) is 0.344. The molecule has 1 aromatic carbocycles. The number of hydrogen-bond donors (Lipinski definition) is 3. The van der Waals surface area contributed by atoms with Crippen LogP contribution in [0.15, 0.2) is 16.6 Å². The smallest absolute Gasteiger partial charge is 0.123 e. The van der Waals surface area contributed by atoms with Gasteiger partial charge in [0.15, 0.2) is 0 Å². The summed E-state index contributed by atoms with van der Waals surface area (Å²) in [6.45, 7) is 2.65. The van der Waals surface area contributed by atoms with Gasteiger partial charge in [-0.25, -0.2) is 0 Å². The van der Waals surface area contributed by atoms with Gasteiger partial charge < -0.3 is 15.5 Å². The van der Waals surface area contributed by atoms with Gasteiger partial charge in [0.25, 0.3) is 0 Å². The van der Waals surface area contributed by atoms with E-state index in [1.54, 1.807) is 0 Å². The lowest BCUT2D eigenvalue weighted by Gasteiger charge is -2.28. The molecular weight excluding hydrogens is 294 g/mol. The fourth-order valence-corrected chi connectivity index (χ4v) is 3.28. The van der Waals surface area contributed by atoms with E-state index in [0.29, 0.717) is 12.3 Å². The van der Waals surface area contributed by atoms with Crippen LogP contribution in [0.1, 0.15) is 36.8 Å². The number of aryl methyl sites for hydroxylation is 1. The SMILES string of the molecule is Cc1cc(Br)cc(CNC2(CO)CCCC2)c1O. The van der Waals surface area contributed by atoms with Crippen LogP contribution in [0.4, 0.5) is 0 Å². The van der Waals surface area contributed by atoms with Crippen LogP contribution in [0.2, 0.25) is 0 Å². The third kappa shape index (κ3) is 2.87. The lowest BCUT2D eigenvalue weighted by Crippen LogP contribution is -2.45. The zero-order chi connectivity index (χ0) is 13.2. The largest absolute Gasteiger partial charge is 0.507 e. The molecule has 0 radical (unpaired) electrons. The lowest BCUT2D eigenvalue weighted by atomic mass is 9.98. The van der Waals surface area contributed by atoms with Crippen molar-refractivity contribution in [1.82, 2.24) is 5.32 Å². The molecule has 1 aliphatic carbocycles. The number of aliphatic hydroxyl groups excluding tert-OH is 1. The second-order valence-corrected chi connectivity index (χ2v) is 6.15. The van der Waals surface area contributed by atoms with Crippen molar-refractivity contribution in [3.8, 4) is 5.75 Å². The fourth-order valence-electron chi connectivity index (χ4n) is 2.66. The van der Waals surface area contributed by atoms with Crippen molar-refractivity contribution in [2.24, 2.45) is 0 Å². The molecule has 0 bridgehead atoms. The number of aromatic hydroxyl groups is 1. The Hall–Kier alpha value is -0.580. The highest BCUT2D eigenvalue weighted by Crippen LogP contribution is 2.31. The molecule has 1 aliphatic rings. The number of aliphatic hydroxyl groups is 1. The maximum Gasteiger partial charge on any atom is 0.123 e. The van der Waals surface area contributed by atoms with Gasteiger partial charge in [-0.15, -0.1) is 0 Å². The maximum absolute atomic E-state index is 10.0. The Morgan fingerprint density at radius 1 is 1.33 bits per heavy atom. The van der Waals surface area contributed by atoms with E-state index in [4.69, 9.17) is 0 Å². The van der Waals surface area contributed by atoms with Crippen LogP contribution >= 0.6 is 15.9 Å². The summed E-state index contributed by atoms with van der Waals surface area (Å²) in [7, 11) is 0. The van der Waals surface area contributed by atoms with Crippen LogP contribution in [0.25, 0.3) is 0 Å². The lowest BCUT2D eigenvalue weighted by molar-refractivity contribution is 0.162. The number of rotatable bonds is 4. The van der Waals surface area contributed by atoms with E-state index < -0.39 is 0 Å². The minimum Gasteiger partial charge on any atom is -0.507 e. The van der Waals surface area contributed by atoms with Gasteiger partial charge in [-0.3, -0.25) is 0 Å². The molecule has 0 spiro atoms. The van der Waals surface area contributed by atoms with E-state index in [9.17, 15) is 10.2 Å². The van der Waals surface area contributed by atoms with Crippen LogP contribution in [-0.2, 0) is 6.54 Å². The van der Waals surface area contributed by atoms with Crippen LogP contribution in [-0.4, -0.2) is 22.4 Å². The van der Waals surface area contributed by atoms with Crippen LogP contribution < -0.4 is 5.32 Å². The van der Waals surface area contributed by atoms with Gasteiger partial charge in [0.2, 0.25) is 0 Å². The highest BCUT2D eigenvalue weighted by atomic mass is 79.9. The molecule has 0 amide bonds. The topological polar surface area (TPSA) is 52.5 Å². The van der Waals surface area contributed by atoms with Gasteiger partial charge in [-0.05, 0) is 37.5 Å². The van der Waals surface area contributed by atoms with Gasteiger partial charge in [0.05, 0.1) is 6.61 Å². The molecule has 3 nitrogen and oxygen atoms in total. The molecule has 1 fully saturated rings. The average molecular weight is 314 g/mol. The Balaban J connectivity index is 2.10. The first kappa shape index (κ1) is 13.8. The molecule has 0 atom stereocenters. The van der Waals surface area contributed by atoms with Gasteiger partial charge in [-0.2, -0.15) is 0 Å². The highest BCUT2D eigenvalue weighted by molar-refractivity contribution is 9.10. The minimum absolute atomic E-state index is 0.150. The molecule has 1 saturated carbocycles. The molecule has 0 aromatic heterocycles. The minimum atomic E-state index is -0.150. The summed E-state index contributed by atoms with van der Waals surface area (Å²) in [5, 5.41) is 23.0. The molecule has 100 valence electrons. The zero-order valence-electron chi connectivity index (χ0n) is 10.7. The van der Waals surface area contributed by atoms with Crippen molar-refractivity contribution < 1.29 is 10.2 Å². The first-order chi connectivity index (χ1) is 8.56. The van der Waals surface area contributed by atoms with E-state index in [-0.39, 0.29) is 12.1 Å². The summed E-state index contributed by atoms with van der Waals surface area (Å²) >= 11 is 3.44. The molecule has 3 N–H and O–H groups in total. The van der Waals surface area contributed by atoms with Crippen molar-refractivity contribution in [2.45, 2.75) is 44.7 Å². The van der Waals surface area contributed by atoms with Gasteiger partial charge in [0, 0.05) is 22.1 Å². The summed E-state index contributed by atoms with van der Waals surface area (Å²) in [4.78, 5) is 0. The summed E-state index contributed by atoms with van der Waals surface area (Å²) in [5.41, 5.74) is 1.59. The fraction of sp³-hybridized carbons (Fsp3) is 0.571. The first-order valence-corrected chi connectivity index (χ1v) is 7.19. The van der Waals surface area contributed by atoms with Gasteiger partial charge in [-0.1, -0.05) is 28.8 Å². The molecule has 0 saturated heterocycles. The third-order valence-electron chi connectivity index (χ3n) is 3.86.